The average Bonchev–Trinajstić information content (AvgIpc) is 3.30. The zero-order valence-corrected chi connectivity index (χ0v) is 18.7. The number of piperidine rings is 1. The fourth-order valence-electron chi connectivity index (χ4n) is 5.23. The quantitative estimate of drug-likeness (QED) is 0.759. The van der Waals surface area contributed by atoms with Gasteiger partial charge >= 0.3 is 0 Å². The largest absolute Gasteiger partial charge is 0.358 e. The monoisotopic (exact) mass is 426 g/mol. The molecule has 1 aromatic rings. The summed E-state index contributed by atoms with van der Waals surface area (Å²) in [5, 5.41) is 3.10. The van der Waals surface area contributed by atoms with Crippen LogP contribution in [-0.4, -0.2) is 60.9 Å². The van der Waals surface area contributed by atoms with Gasteiger partial charge in [0.2, 0.25) is 11.8 Å². The second-order valence-corrected chi connectivity index (χ2v) is 8.86. The molecule has 0 bridgehead atoms. The highest BCUT2D eigenvalue weighted by Gasteiger charge is 2.40. The number of rotatable bonds is 6. The minimum atomic E-state index is -0.218. The Balaban J connectivity index is 1.65. The van der Waals surface area contributed by atoms with Crippen LogP contribution in [0.4, 0.5) is 11.4 Å². The lowest BCUT2D eigenvalue weighted by molar-refractivity contribution is -0.125. The number of nitrogens with one attached hydrogen (secondary N) is 1. The molecule has 1 atom stereocenters. The zero-order valence-electron chi connectivity index (χ0n) is 18.7. The molecular weight excluding hydrogens is 392 g/mol. The van der Waals surface area contributed by atoms with E-state index < -0.39 is 0 Å². The van der Waals surface area contributed by atoms with E-state index in [2.05, 4.69) is 10.2 Å². The van der Waals surface area contributed by atoms with E-state index in [1.165, 1.54) is 0 Å². The van der Waals surface area contributed by atoms with E-state index in [9.17, 15) is 14.4 Å². The first-order chi connectivity index (χ1) is 15.0. The SMILES string of the molecule is CCN(CC)C(=O)c1ccc2c(c1)N(CC(=O)NC1CCCC1)C(=O)C1CCCCN21. The van der Waals surface area contributed by atoms with Crippen LogP contribution in [0.1, 0.15) is 69.2 Å². The number of hydrogen-bond donors (Lipinski definition) is 1. The second kappa shape index (κ2) is 9.28. The molecule has 3 amide bonds. The maximum absolute atomic E-state index is 13.4. The summed E-state index contributed by atoms with van der Waals surface area (Å²) >= 11 is 0. The topological polar surface area (TPSA) is 73.0 Å². The summed E-state index contributed by atoms with van der Waals surface area (Å²) in [5.74, 6) is -0.187. The highest BCUT2D eigenvalue weighted by atomic mass is 16.2. The van der Waals surface area contributed by atoms with Crippen LogP contribution in [-0.2, 0) is 9.59 Å². The molecule has 2 heterocycles. The van der Waals surface area contributed by atoms with E-state index >= 15 is 0 Å². The van der Waals surface area contributed by atoms with Crippen molar-refractivity contribution in [2.75, 3.05) is 36.0 Å². The lowest BCUT2D eigenvalue weighted by Crippen LogP contribution is -2.57. The van der Waals surface area contributed by atoms with E-state index in [0.717, 1.165) is 57.2 Å². The van der Waals surface area contributed by atoms with Crippen molar-refractivity contribution in [3.05, 3.63) is 23.8 Å². The summed E-state index contributed by atoms with van der Waals surface area (Å²) in [6.45, 7) is 6.02. The third-order valence-electron chi connectivity index (χ3n) is 6.95. The van der Waals surface area contributed by atoms with E-state index in [1.54, 1.807) is 9.80 Å². The first-order valence-corrected chi connectivity index (χ1v) is 11.8. The normalized spacial score (nSPS) is 21.0. The third-order valence-corrected chi connectivity index (χ3v) is 6.95. The van der Waals surface area contributed by atoms with Gasteiger partial charge < -0.3 is 15.1 Å². The molecule has 2 aliphatic heterocycles. The Morgan fingerprint density at radius 2 is 1.74 bits per heavy atom. The molecule has 3 aliphatic rings. The number of hydrogen-bond acceptors (Lipinski definition) is 4. The van der Waals surface area contributed by atoms with E-state index in [4.69, 9.17) is 0 Å². The van der Waals surface area contributed by atoms with Crippen molar-refractivity contribution < 1.29 is 14.4 Å². The van der Waals surface area contributed by atoms with Gasteiger partial charge in [-0.1, -0.05) is 12.8 Å². The van der Waals surface area contributed by atoms with Crippen LogP contribution in [0.2, 0.25) is 0 Å². The average molecular weight is 427 g/mol. The van der Waals surface area contributed by atoms with Crippen LogP contribution in [0, 0.1) is 0 Å². The Labute approximate surface area is 184 Å². The van der Waals surface area contributed by atoms with Gasteiger partial charge in [0.15, 0.2) is 0 Å². The van der Waals surface area contributed by atoms with Crippen molar-refractivity contribution >= 4 is 29.1 Å². The molecular formula is C24H34N4O3. The predicted molar refractivity (Wildman–Crippen MR) is 121 cm³/mol. The smallest absolute Gasteiger partial charge is 0.253 e. The van der Waals surface area contributed by atoms with Crippen molar-refractivity contribution in [3.63, 3.8) is 0 Å². The van der Waals surface area contributed by atoms with Gasteiger partial charge in [-0.05, 0) is 64.2 Å². The summed E-state index contributed by atoms with van der Waals surface area (Å²) in [6.07, 6.45) is 7.17. The summed E-state index contributed by atoms with van der Waals surface area (Å²) in [4.78, 5) is 44.7. The van der Waals surface area contributed by atoms with Crippen molar-refractivity contribution in [2.45, 2.75) is 70.9 Å². The van der Waals surface area contributed by atoms with Gasteiger partial charge in [-0.2, -0.15) is 0 Å². The van der Waals surface area contributed by atoms with Gasteiger partial charge in [0.25, 0.3) is 5.91 Å². The molecule has 0 spiro atoms. The Bertz CT molecular complexity index is 845. The molecule has 7 nitrogen and oxygen atoms in total. The van der Waals surface area contributed by atoms with Gasteiger partial charge in [-0.15, -0.1) is 0 Å². The predicted octanol–water partition coefficient (Wildman–Crippen LogP) is 2.93. The van der Waals surface area contributed by atoms with Gasteiger partial charge in [-0.25, -0.2) is 0 Å². The number of carbonyl (C=O) groups is 3. The molecule has 1 N–H and O–H groups in total. The lowest BCUT2D eigenvalue weighted by Gasteiger charge is -2.45. The second-order valence-electron chi connectivity index (χ2n) is 8.86. The Morgan fingerprint density at radius 1 is 1.03 bits per heavy atom. The molecule has 1 saturated carbocycles. The summed E-state index contributed by atoms with van der Waals surface area (Å²) in [6, 6.07) is 5.62. The van der Waals surface area contributed by atoms with Gasteiger partial charge in [-0.3, -0.25) is 19.3 Å². The van der Waals surface area contributed by atoms with E-state index in [-0.39, 0.29) is 36.3 Å². The summed E-state index contributed by atoms with van der Waals surface area (Å²) < 4.78 is 0. The number of carbonyl (C=O) groups excluding carboxylic acids is 3. The van der Waals surface area contributed by atoms with Crippen LogP contribution in [0.15, 0.2) is 18.2 Å². The number of nitrogens with zero attached hydrogens (tertiary/aromatic N) is 3. The number of anilines is 2. The maximum Gasteiger partial charge on any atom is 0.253 e. The Kier molecular flexibility index (Phi) is 6.49. The Morgan fingerprint density at radius 3 is 2.45 bits per heavy atom. The first-order valence-electron chi connectivity index (χ1n) is 11.8. The number of amides is 3. The molecule has 0 radical (unpaired) electrons. The van der Waals surface area contributed by atoms with Gasteiger partial charge in [0.1, 0.15) is 12.6 Å². The minimum absolute atomic E-state index is 0.00951. The molecule has 31 heavy (non-hydrogen) atoms. The summed E-state index contributed by atoms with van der Waals surface area (Å²) in [7, 11) is 0. The van der Waals surface area contributed by atoms with Gasteiger partial charge in [0.05, 0.1) is 11.4 Å². The van der Waals surface area contributed by atoms with Crippen molar-refractivity contribution in [1.82, 2.24) is 10.2 Å². The highest BCUT2D eigenvalue weighted by Crippen LogP contribution is 2.40. The first kappa shape index (κ1) is 21.7. The molecule has 1 aromatic carbocycles. The fraction of sp³-hybridized carbons (Fsp3) is 0.625. The minimum Gasteiger partial charge on any atom is -0.358 e. The van der Waals surface area contributed by atoms with Crippen LogP contribution in [0.3, 0.4) is 0 Å². The lowest BCUT2D eigenvalue weighted by atomic mass is 9.95. The molecule has 4 rings (SSSR count). The number of fused-ring (bicyclic) bond motifs is 3. The standard InChI is InChI=1S/C24H34N4O3/c1-3-26(4-2)23(30)17-12-13-19-21(15-17)28(16-22(29)25-18-9-5-6-10-18)24(31)20-11-7-8-14-27(19)20/h12-13,15,18,20H,3-11,14,16H2,1-2H3,(H,25,29). The van der Waals surface area contributed by atoms with Crippen molar-refractivity contribution in [3.8, 4) is 0 Å². The number of benzene rings is 1. The molecule has 7 heteroatoms. The van der Waals surface area contributed by atoms with Crippen molar-refractivity contribution in [2.24, 2.45) is 0 Å². The molecule has 168 valence electrons. The summed E-state index contributed by atoms with van der Waals surface area (Å²) in [5.41, 5.74) is 2.20. The zero-order chi connectivity index (χ0) is 22.0. The maximum atomic E-state index is 13.4. The van der Waals surface area contributed by atoms with Crippen LogP contribution in [0.5, 0.6) is 0 Å². The Hall–Kier alpha value is -2.57. The molecule has 1 saturated heterocycles. The fourth-order valence-corrected chi connectivity index (χ4v) is 5.23. The third kappa shape index (κ3) is 4.27. The van der Waals surface area contributed by atoms with Crippen LogP contribution in [0.25, 0.3) is 0 Å². The van der Waals surface area contributed by atoms with E-state index in [0.29, 0.717) is 24.3 Å². The van der Waals surface area contributed by atoms with E-state index in [1.807, 2.05) is 32.0 Å². The van der Waals surface area contributed by atoms with Gasteiger partial charge in [0, 0.05) is 31.2 Å². The highest BCUT2D eigenvalue weighted by molar-refractivity contribution is 6.09. The molecule has 1 unspecified atom stereocenters. The van der Waals surface area contributed by atoms with Crippen LogP contribution >= 0.6 is 0 Å². The van der Waals surface area contributed by atoms with Crippen LogP contribution < -0.4 is 15.1 Å². The molecule has 1 aliphatic carbocycles. The molecule has 0 aromatic heterocycles. The van der Waals surface area contributed by atoms with Crippen molar-refractivity contribution in [1.29, 1.82) is 0 Å². The molecule has 2 fully saturated rings.